The van der Waals surface area contributed by atoms with Crippen LogP contribution in [0, 0.1) is 0 Å². The minimum absolute atomic E-state index is 0.0286. The average molecular weight is 307 g/mol. The zero-order valence-electron chi connectivity index (χ0n) is 11.2. The Morgan fingerprint density at radius 1 is 1.24 bits per heavy atom. The minimum Gasteiger partial charge on any atom is -0.392 e. The van der Waals surface area contributed by atoms with Crippen LogP contribution in [0.15, 0.2) is 30.3 Å². The van der Waals surface area contributed by atoms with E-state index in [4.69, 9.17) is 22.4 Å². The number of nitrogens with zero attached hydrogens (tertiary/aromatic N) is 2. The molecule has 0 saturated carbocycles. The van der Waals surface area contributed by atoms with Gasteiger partial charge in [0.25, 0.3) is 5.91 Å². The van der Waals surface area contributed by atoms with E-state index in [1.807, 2.05) is 24.3 Å². The maximum absolute atomic E-state index is 11.3. The fraction of sp³-hybridized carbons (Fsp3) is 0.214. The zero-order valence-corrected chi connectivity index (χ0v) is 12.0. The molecule has 0 spiro atoms. The topological polar surface area (TPSA) is 101 Å². The summed E-state index contributed by atoms with van der Waals surface area (Å²) in [5.41, 5.74) is 7.45. The highest BCUT2D eigenvalue weighted by Crippen LogP contribution is 2.14. The molecule has 0 fully saturated rings. The molecule has 0 unspecified atom stereocenters. The van der Waals surface area contributed by atoms with E-state index in [9.17, 15) is 4.79 Å². The first kappa shape index (κ1) is 15.2. The van der Waals surface area contributed by atoms with E-state index >= 15 is 0 Å². The van der Waals surface area contributed by atoms with Gasteiger partial charge < -0.3 is 16.2 Å². The number of aliphatic hydroxyl groups excluding tert-OH is 1. The third-order valence-corrected chi connectivity index (χ3v) is 3.13. The summed E-state index contributed by atoms with van der Waals surface area (Å²) in [6.07, 6.45) is 0.730. The maximum atomic E-state index is 11.3. The van der Waals surface area contributed by atoms with Crippen molar-refractivity contribution in [2.45, 2.75) is 13.0 Å². The lowest BCUT2D eigenvalue weighted by Crippen LogP contribution is -2.17. The van der Waals surface area contributed by atoms with Gasteiger partial charge in [-0.15, -0.1) is 10.2 Å². The summed E-state index contributed by atoms with van der Waals surface area (Å²) < 4.78 is 0. The Morgan fingerprint density at radius 3 is 2.52 bits per heavy atom. The Morgan fingerprint density at radius 2 is 1.90 bits per heavy atom. The van der Waals surface area contributed by atoms with Crippen LogP contribution >= 0.6 is 11.6 Å². The van der Waals surface area contributed by atoms with E-state index in [-0.39, 0.29) is 17.3 Å². The number of carbonyl (C=O) groups excluding carboxylic acids is 1. The van der Waals surface area contributed by atoms with Gasteiger partial charge in [-0.05, 0) is 23.6 Å². The Hall–Kier alpha value is -2.18. The number of rotatable bonds is 6. The summed E-state index contributed by atoms with van der Waals surface area (Å²) >= 11 is 5.69. The number of nitrogens with two attached hydrogens (primary N) is 1. The highest BCUT2D eigenvalue weighted by molar-refractivity contribution is 6.29. The van der Waals surface area contributed by atoms with Gasteiger partial charge in [0.2, 0.25) is 0 Å². The van der Waals surface area contributed by atoms with Crippen LogP contribution in [0.1, 0.15) is 21.5 Å². The molecular weight excluding hydrogens is 292 g/mol. The molecule has 110 valence electrons. The normalized spacial score (nSPS) is 10.4. The molecule has 21 heavy (non-hydrogen) atoms. The van der Waals surface area contributed by atoms with E-state index in [1.165, 1.54) is 6.07 Å². The lowest BCUT2D eigenvalue weighted by Gasteiger charge is -2.08. The number of halogens is 1. The van der Waals surface area contributed by atoms with Gasteiger partial charge in [0, 0.05) is 6.54 Å². The minimum atomic E-state index is -0.610. The Labute approximate surface area is 127 Å². The van der Waals surface area contributed by atoms with Gasteiger partial charge in [-0.2, -0.15) is 0 Å². The lowest BCUT2D eigenvalue weighted by atomic mass is 10.1. The first-order valence-corrected chi connectivity index (χ1v) is 6.73. The van der Waals surface area contributed by atoms with E-state index in [1.54, 1.807) is 0 Å². The van der Waals surface area contributed by atoms with Crippen LogP contribution in [0.4, 0.5) is 5.82 Å². The summed E-state index contributed by atoms with van der Waals surface area (Å²) in [6, 6.07) is 9.00. The fourth-order valence-corrected chi connectivity index (χ4v) is 1.97. The van der Waals surface area contributed by atoms with Crippen molar-refractivity contribution in [1.82, 2.24) is 10.2 Å². The van der Waals surface area contributed by atoms with Crippen molar-refractivity contribution in [3.63, 3.8) is 0 Å². The molecule has 4 N–H and O–H groups in total. The summed E-state index contributed by atoms with van der Waals surface area (Å²) in [5, 5.41) is 19.6. The number of carbonyl (C=O) groups is 1. The van der Waals surface area contributed by atoms with Crippen LogP contribution in [0.5, 0.6) is 0 Å². The number of hydrogen-bond acceptors (Lipinski definition) is 5. The van der Waals surface area contributed by atoms with Crippen LogP contribution in [-0.2, 0) is 13.0 Å². The van der Waals surface area contributed by atoms with Crippen LogP contribution < -0.4 is 11.1 Å². The van der Waals surface area contributed by atoms with Crippen LogP contribution in [0.3, 0.4) is 0 Å². The van der Waals surface area contributed by atoms with Crippen LogP contribution in [0.25, 0.3) is 0 Å². The van der Waals surface area contributed by atoms with E-state index < -0.39 is 5.91 Å². The summed E-state index contributed by atoms with van der Waals surface area (Å²) in [6.45, 7) is 0.593. The molecule has 0 saturated heterocycles. The summed E-state index contributed by atoms with van der Waals surface area (Å²) in [4.78, 5) is 11.3. The standard InChI is InChI=1S/C14H15ClN4O2/c15-12-7-11(13(16)21)14(19-18-12)17-6-5-9-1-3-10(8-20)4-2-9/h1-4,7,20H,5-6,8H2,(H2,16,21)(H,17,19). The number of primary amides is 1. The van der Waals surface area contributed by atoms with Crippen molar-refractivity contribution >= 4 is 23.3 Å². The van der Waals surface area contributed by atoms with E-state index in [0.29, 0.717) is 12.4 Å². The molecule has 0 aliphatic rings. The van der Waals surface area contributed by atoms with Gasteiger partial charge in [-0.25, -0.2) is 0 Å². The van der Waals surface area contributed by atoms with Crippen molar-refractivity contribution < 1.29 is 9.90 Å². The molecule has 1 aromatic carbocycles. The monoisotopic (exact) mass is 306 g/mol. The fourth-order valence-electron chi connectivity index (χ4n) is 1.82. The quantitative estimate of drug-likeness (QED) is 0.748. The summed E-state index contributed by atoms with van der Waals surface area (Å²) in [5.74, 6) is -0.291. The van der Waals surface area contributed by atoms with Crippen molar-refractivity contribution in [3.05, 3.63) is 52.2 Å². The number of amides is 1. The second-order valence-corrected chi connectivity index (χ2v) is 4.83. The van der Waals surface area contributed by atoms with Crippen molar-refractivity contribution in [3.8, 4) is 0 Å². The molecule has 1 aromatic heterocycles. The van der Waals surface area contributed by atoms with Gasteiger partial charge in [-0.3, -0.25) is 4.79 Å². The predicted octanol–water partition coefficient (Wildman–Crippen LogP) is 1.38. The predicted molar refractivity (Wildman–Crippen MR) is 80.1 cm³/mol. The van der Waals surface area contributed by atoms with Crippen molar-refractivity contribution in [2.24, 2.45) is 5.73 Å². The number of aromatic nitrogens is 2. The molecule has 6 nitrogen and oxygen atoms in total. The van der Waals surface area contributed by atoms with E-state index in [0.717, 1.165) is 17.5 Å². The number of benzene rings is 1. The number of hydrogen-bond donors (Lipinski definition) is 3. The second kappa shape index (κ2) is 7.01. The highest BCUT2D eigenvalue weighted by atomic mass is 35.5. The molecule has 0 aliphatic heterocycles. The third-order valence-electron chi connectivity index (χ3n) is 2.94. The van der Waals surface area contributed by atoms with Crippen molar-refractivity contribution in [1.29, 1.82) is 0 Å². The molecule has 0 aliphatic carbocycles. The third kappa shape index (κ3) is 4.14. The Kier molecular flexibility index (Phi) is 5.08. The van der Waals surface area contributed by atoms with Gasteiger partial charge in [0.1, 0.15) is 0 Å². The van der Waals surface area contributed by atoms with Crippen LogP contribution in [-0.4, -0.2) is 27.8 Å². The first-order valence-electron chi connectivity index (χ1n) is 6.35. The maximum Gasteiger partial charge on any atom is 0.252 e. The zero-order chi connectivity index (χ0) is 15.2. The van der Waals surface area contributed by atoms with Crippen molar-refractivity contribution in [2.75, 3.05) is 11.9 Å². The molecule has 0 atom stereocenters. The van der Waals surface area contributed by atoms with E-state index in [2.05, 4.69) is 15.5 Å². The average Bonchev–Trinajstić information content (AvgIpc) is 2.49. The molecule has 7 heteroatoms. The Balaban J connectivity index is 1.98. The second-order valence-electron chi connectivity index (χ2n) is 4.44. The number of nitrogens with one attached hydrogen (secondary N) is 1. The lowest BCUT2D eigenvalue weighted by molar-refractivity contribution is 0.100. The molecule has 2 rings (SSSR count). The highest BCUT2D eigenvalue weighted by Gasteiger charge is 2.11. The molecule has 1 heterocycles. The molecule has 0 radical (unpaired) electrons. The number of aliphatic hydroxyl groups is 1. The molecule has 1 amide bonds. The molecular formula is C14H15ClN4O2. The molecule has 2 aromatic rings. The largest absolute Gasteiger partial charge is 0.392 e. The first-order chi connectivity index (χ1) is 10.1. The smallest absolute Gasteiger partial charge is 0.252 e. The van der Waals surface area contributed by atoms with Crippen LogP contribution in [0.2, 0.25) is 5.15 Å². The molecule has 0 bridgehead atoms. The summed E-state index contributed by atoms with van der Waals surface area (Å²) in [7, 11) is 0. The van der Waals surface area contributed by atoms with Gasteiger partial charge in [0.15, 0.2) is 11.0 Å². The Bertz CT molecular complexity index is 631. The van der Waals surface area contributed by atoms with Gasteiger partial charge in [0.05, 0.1) is 12.2 Å². The van der Waals surface area contributed by atoms with Gasteiger partial charge >= 0.3 is 0 Å². The number of anilines is 1. The SMILES string of the molecule is NC(=O)c1cc(Cl)nnc1NCCc1ccc(CO)cc1. The van der Waals surface area contributed by atoms with Gasteiger partial charge in [-0.1, -0.05) is 35.9 Å².